The van der Waals surface area contributed by atoms with Crippen LogP contribution in [-0.2, 0) is 0 Å². The average Bonchev–Trinajstić information content (AvgIpc) is 2.88. The molecule has 5 aliphatic rings. The molecule has 1 aromatic carbocycles. The predicted octanol–water partition coefficient (Wildman–Crippen LogP) is 5.09. The summed E-state index contributed by atoms with van der Waals surface area (Å²) in [5, 5.41) is 18.4. The Bertz CT molecular complexity index is 682. The van der Waals surface area contributed by atoms with Gasteiger partial charge in [-0.05, 0) is 74.5 Å². The van der Waals surface area contributed by atoms with Crippen molar-refractivity contribution < 1.29 is 5.11 Å². The summed E-state index contributed by atoms with van der Waals surface area (Å²) in [7, 11) is 0. The minimum atomic E-state index is -0.619. The first kappa shape index (κ1) is 15.5. The minimum Gasteiger partial charge on any atom is -0.371 e. The maximum Gasteiger partial charge on any atom is 0.153 e. The zero-order chi connectivity index (χ0) is 16.5. The Labute approximate surface area is 152 Å². The minimum absolute atomic E-state index is 0.239. The highest BCUT2D eigenvalue weighted by Crippen LogP contribution is 2.61. The van der Waals surface area contributed by atoms with Crippen molar-refractivity contribution >= 4 is 34.6 Å². The van der Waals surface area contributed by atoms with E-state index in [4.69, 9.17) is 28.3 Å². The van der Waals surface area contributed by atoms with E-state index in [1.54, 1.807) is 17.1 Å². The normalized spacial score (nSPS) is 40.3. The van der Waals surface area contributed by atoms with E-state index >= 15 is 0 Å². The highest BCUT2D eigenvalue weighted by atomic mass is 35.5. The Balaban J connectivity index is 1.49. The molecule has 5 heteroatoms. The van der Waals surface area contributed by atoms with Crippen LogP contribution in [0.25, 0.3) is 0 Å². The quantitative estimate of drug-likeness (QED) is 0.792. The fourth-order valence-corrected chi connectivity index (χ4v) is 6.66. The Hall–Kier alpha value is -0.770. The van der Waals surface area contributed by atoms with Crippen LogP contribution in [0.4, 0.5) is 5.69 Å². The molecule has 1 unspecified atom stereocenters. The molecule has 1 aliphatic heterocycles. The van der Waals surface area contributed by atoms with Crippen molar-refractivity contribution in [3.05, 3.63) is 28.2 Å². The average molecular weight is 365 g/mol. The van der Waals surface area contributed by atoms with Gasteiger partial charge < -0.3 is 5.11 Å². The van der Waals surface area contributed by atoms with Gasteiger partial charge in [0.2, 0.25) is 0 Å². The second-order valence-corrected chi connectivity index (χ2v) is 9.21. The third kappa shape index (κ3) is 2.32. The molecule has 4 bridgehead atoms. The molecule has 4 fully saturated rings. The van der Waals surface area contributed by atoms with Gasteiger partial charge in [-0.25, -0.2) is 5.01 Å². The van der Waals surface area contributed by atoms with Crippen molar-refractivity contribution in [1.29, 1.82) is 0 Å². The smallest absolute Gasteiger partial charge is 0.153 e. The molecule has 1 heterocycles. The van der Waals surface area contributed by atoms with Gasteiger partial charge in [-0.2, -0.15) is 5.10 Å². The van der Waals surface area contributed by atoms with E-state index < -0.39 is 6.23 Å². The summed E-state index contributed by atoms with van der Waals surface area (Å²) in [6, 6.07) is 5.36. The van der Waals surface area contributed by atoms with Gasteiger partial charge in [0.05, 0.1) is 10.7 Å². The van der Waals surface area contributed by atoms with Crippen LogP contribution in [0, 0.1) is 23.2 Å². The fraction of sp³-hybridized carbons (Fsp3) is 0.632. The maximum atomic E-state index is 10.6. The van der Waals surface area contributed by atoms with Gasteiger partial charge in [0.25, 0.3) is 0 Å². The number of hydrazone groups is 1. The lowest BCUT2D eigenvalue weighted by molar-refractivity contribution is -0.0135. The molecule has 0 amide bonds. The standard InChI is InChI=1S/C19H22Cl2N2O/c20-14-1-2-16(15(21)6-14)23-18(24)7-17(22-23)19-8-11-3-12(9-19)5-13(4-11)10-19/h1-2,6,11-13,18,24H,3-5,7-10H2. The number of rotatable bonds is 2. The molecule has 24 heavy (non-hydrogen) atoms. The van der Waals surface area contributed by atoms with Gasteiger partial charge in [-0.15, -0.1) is 0 Å². The van der Waals surface area contributed by atoms with Gasteiger partial charge in [0.15, 0.2) is 6.23 Å². The summed E-state index contributed by atoms with van der Waals surface area (Å²) in [5.41, 5.74) is 2.19. The van der Waals surface area contributed by atoms with Crippen LogP contribution < -0.4 is 5.01 Å². The molecule has 6 rings (SSSR count). The number of aliphatic hydroxyl groups excluding tert-OH is 1. The number of nitrogens with zero attached hydrogens (tertiary/aromatic N) is 2. The van der Waals surface area contributed by atoms with Crippen LogP contribution in [-0.4, -0.2) is 17.0 Å². The number of hydrogen-bond acceptors (Lipinski definition) is 3. The molecule has 4 aliphatic carbocycles. The first-order chi connectivity index (χ1) is 11.5. The van der Waals surface area contributed by atoms with E-state index in [0.717, 1.165) is 23.4 Å². The van der Waals surface area contributed by atoms with Crippen LogP contribution in [0.1, 0.15) is 44.9 Å². The molecule has 128 valence electrons. The van der Waals surface area contributed by atoms with E-state index in [9.17, 15) is 5.11 Å². The SMILES string of the molecule is OC1CC(C23CC4CC(CC(C4)C2)C3)=NN1c1ccc(Cl)cc1Cl. The van der Waals surface area contributed by atoms with Crippen molar-refractivity contribution in [3.63, 3.8) is 0 Å². The predicted molar refractivity (Wildman–Crippen MR) is 97.6 cm³/mol. The van der Waals surface area contributed by atoms with Crippen LogP contribution in [0.2, 0.25) is 10.0 Å². The molecule has 1 atom stereocenters. The van der Waals surface area contributed by atoms with Crippen LogP contribution >= 0.6 is 23.2 Å². The van der Waals surface area contributed by atoms with Crippen LogP contribution in [0.5, 0.6) is 0 Å². The van der Waals surface area contributed by atoms with Crippen molar-refractivity contribution in [1.82, 2.24) is 0 Å². The number of aliphatic hydroxyl groups is 1. The number of halogens is 2. The molecule has 4 saturated carbocycles. The first-order valence-corrected chi connectivity index (χ1v) is 9.78. The van der Waals surface area contributed by atoms with E-state index in [-0.39, 0.29) is 5.41 Å². The van der Waals surface area contributed by atoms with Gasteiger partial charge in [0.1, 0.15) is 0 Å². The highest BCUT2D eigenvalue weighted by molar-refractivity contribution is 6.36. The lowest BCUT2D eigenvalue weighted by Crippen LogP contribution is -2.49. The topological polar surface area (TPSA) is 35.8 Å². The van der Waals surface area contributed by atoms with Crippen molar-refractivity contribution in [2.45, 2.75) is 51.2 Å². The molecular formula is C19H22Cl2N2O. The summed E-state index contributed by atoms with van der Waals surface area (Å²) in [5.74, 6) is 2.64. The largest absolute Gasteiger partial charge is 0.371 e. The molecule has 1 N–H and O–H groups in total. The van der Waals surface area contributed by atoms with Gasteiger partial charge >= 0.3 is 0 Å². The third-order valence-corrected chi connectivity index (χ3v) is 7.23. The number of anilines is 1. The second kappa shape index (κ2) is 5.36. The summed E-state index contributed by atoms with van der Waals surface area (Å²) in [6.45, 7) is 0. The first-order valence-electron chi connectivity index (χ1n) is 9.03. The molecule has 3 nitrogen and oxygen atoms in total. The molecule has 0 aromatic heterocycles. The summed E-state index contributed by atoms with van der Waals surface area (Å²) in [6.07, 6.45) is 8.09. The van der Waals surface area contributed by atoms with Crippen molar-refractivity contribution in [2.24, 2.45) is 28.3 Å². The van der Waals surface area contributed by atoms with Crippen LogP contribution in [0.15, 0.2) is 23.3 Å². The lowest BCUT2D eigenvalue weighted by atomic mass is 9.48. The third-order valence-electron chi connectivity index (χ3n) is 6.69. The second-order valence-electron chi connectivity index (χ2n) is 8.37. The fourth-order valence-electron chi connectivity index (χ4n) is 6.17. The Morgan fingerprint density at radius 3 is 2.25 bits per heavy atom. The molecule has 0 saturated heterocycles. The Morgan fingerprint density at radius 1 is 1.04 bits per heavy atom. The van der Waals surface area contributed by atoms with Crippen molar-refractivity contribution in [3.8, 4) is 0 Å². The number of benzene rings is 1. The van der Waals surface area contributed by atoms with Gasteiger partial charge in [-0.3, -0.25) is 0 Å². The van der Waals surface area contributed by atoms with Crippen LogP contribution in [0.3, 0.4) is 0 Å². The summed E-state index contributed by atoms with van der Waals surface area (Å²) < 4.78 is 0. The highest BCUT2D eigenvalue weighted by Gasteiger charge is 2.54. The Morgan fingerprint density at radius 2 is 1.67 bits per heavy atom. The molecule has 0 radical (unpaired) electrons. The Kier molecular flexibility index (Phi) is 3.46. The monoisotopic (exact) mass is 364 g/mol. The zero-order valence-corrected chi connectivity index (χ0v) is 15.1. The van der Waals surface area contributed by atoms with Crippen molar-refractivity contribution in [2.75, 3.05) is 5.01 Å². The van der Waals surface area contributed by atoms with E-state index in [1.807, 2.05) is 6.07 Å². The summed E-state index contributed by atoms with van der Waals surface area (Å²) in [4.78, 5) is 0. The molecule has 1 aromatic rings. The van der Waals surface area contributed by atoms with E-state index in [1.165, 1.54) is 44.2 Å². The molecule has 0 spiro atoms. The zero-order valence-electron chi connectivity index (χ0n) is 13.6. The lowest BCUT2D eigenvalue weighted by Gasteiger charge is -2.56. The van der Waals surface area contributed by atoms with E-state index in [2.05, 4.69) is 0 Å². The summed E-state index contributed by atoms with van der Waals surface area (Å²) >= 11 is 12.3. The van der Waals surface area contributed by atoms with Gasteiger partial charge in [-0.1, -0.05) is 23.2 Å². The van der Waals surface area contributed by atoms with E-state index in [0.29, 0.717) is 16.5 Å². The van der Waals surface area contributed by atoms with Gasteiger partial charge in [0, 0.05) is 22.6 Å². The molecular weight excluding hydrogens is 343 g/mol. The maximum absolute atomic E-state index is 10.6. The number of hydrogen-bond donors (Lipinski definition) is 1.